The summed E-state index contributed by atoms with van der Waals surface area (Å²) in [5.41, 5.74) is 2.39. The number of benzene rings is 1. The van der Waals surface area contributed by atoms with Gasteiger partial charge in [-0.05, 0) is 18.9 Å². The Balaban J connectivity index is 1.37. The molecular weight excluding hydrogens is 418 g/mol. The highest BCUT2D eigenvalue weighted by atomic mass is 35.5. The van der Waals surface area contributed by atoms with Crippen LogP contribution < -0.4 is 5.32 Å². The molecule has 3 aromatic rings. The van der Waals surface area contributed by atoms with Crippen molar-refractivity contribution in [1.29, 1.82) is 0 Å². The standard InChI is InChI=1S/C18H16ClN5O2S2/c19-13-4-2-1-3-12(13)16-20-9-14(28-16)17(26)24-7-5-11(6-8-24)15(25)22-18-23-21-10-27-18/h1-4,9-11H,5-8H2,(H,22,23,25). The van der Waals surface area contributed by atoms with Crippen molar-refractivity contribution in [3.8, 4) is 10.6 Å². The second-order valence-electron chi connectivity index (χ2n) is 6.31. The number of carbonyl (C=O) groups excluding carboxylic acids is 2. The second-order valence-corrected chi connectivity index (χ2v) is 8.58. The van der Waals surface area contributed by atoms with Crippen LogP contribution in [0.5, 0.6) is 0 Å². The zero-order valence-electron chi connectivity index (χ0n) is 14.7. The molecule has 10 heteroatoms. The number of carbonyl (C=O) groups is 2. The van der Waals surface area contributed by atoms with Crippen molar-refractivity contribution in [3.63, 3.8) is 0 Å². The number of halogens is 1. The number of piperidine rings is 1. The zero-order valence-corrected chi connectivity index (χ0v) is 17.1. The van der Waals surface area contributed by atoms with Crippen molar-refractivity contribution in [2.45, 2.75) is 12.8 Å². The number of rotatable bonds is 4. The molecule has 7 nitrogen and oxygen atoms in total. The van der Waals surface area contributed by atoms with Crippen LogP contribution in [0, 0.1) is 5.92 Å². The molecule has 1 N–H and O–H groups in total. The maximum absolute atomic E-state index is 12.8. The predicted molar refractivity (Wildman–Crippen MR) is 110 cm³/mol. The number of nitrogens with zero attached hydrogens (tertiary/aromatic N) is 4. The number of nitrogens with one attached hydrogen (secondary N) is 1. The van der Waals surface area contributed by atoms with Gasteiger partial charge in [-0.1, -0.05) is 41.1 Å². The number of aromatic nitrogens is 3. The quantitative estimate of drug-likeness (QED) is 0.675. The van der Waals surface area contributed by atoms with Crippen molar-refractivity contribution in [3.05, 3.63) is 45.9 Å². The Hall–Kier alpha value is -2.36. The van der Waals surface area contributed by atoms with Gasteiger partial charge in [-0.2, -0.15) is 0 Å². The summed E-state index contributed by atoms with van der Waals surface area (Å²) in [5, 5.41) is 12.1. The minimum atomic E-state index is -0.131. The Bertz CT molecular complexity index is 984. The Morgan fingerprint density at radius 1 is 1.21 bits per heavy atom. The average Bonchev–Trinajstić information content (AvgIpc) is 3.40. The van der Waals surface area contributed by atoms with Gasteiger partial charge in [-0.25, -0.2) is 4.98 Å². The summed E-state index contributed by atoms with van der Waals surface area (Å²) in [7, 11) is 0. The smallest absolute Gasteiger partial charge is 0.265 e. The molecule has 1 aliphatic rings. The fourth-order valence-corrected chi connectivity index (χ4v) is 4.72. The number of amides is 2. The van der Waals surface area contributed by atoms with Gasteiger partial charge in [0.15, 0.2) is 0 Å². The lowest BCUT2D eigenvalue weighted by Crippen LogP contribution is -2.41. The van der Waals surface area contributed by atoms with Crippen molar-refractivity contribution >= 4 is 51.2 Å². The van der Waals surface area contributed by atoms with Crippen LogP contribution in [-0.2, 0) is 4.79 Å². The number of hydrogen-bond donors (Lipinski definition) is 1. The fourth-order valence-electron chi connectivity index (χ4n) is 3.07. The molecule has 0 atom stereocenters. The Morgan fingerprint density at radius 2 is 2.00 bits per heavy atom. The first-order valence-corrected chi connectivity index (χ1v) is 10.8. The first-order valence-electron chi connectivity index (χ1n) is 8.69. The van der Waals surface area contributed by atoms with E-state index in [4.69, 9.17) is 11.6 Å². The van der Waals surface area contributed by atoms with Gasteiger partial charge in [0.2, 0.25) is 11.0 Å². The van der Waals surface area contributed by atoms with E-state index in [1.165, 1.54) is 22.7 Å². The van der Waals surface area contributed by atoms with Crippen LogP contribution >= 0.6 is 34.3 Å². The first-order chi connectivity index (χ1) is 13.6. The van der Waals surface area contributed by atoms with Crippen LogP contribution in [0.2, 0.25) is 5.02 Å². The van der Waals surface area contributed by atoms with E-state index >= 15 is 0 Å². The molecule has 0 aliphatic carbocycles. The molecule has 0 saturated carbocycles. The Labute approximate surface area is 174 Å². The van der Waals surface area contributed by atoms with E-state index in [1.54, 1.807) is 22.7 Å². The summed E-state index contributed by atoms with van der Waals surface area (Å²) in [6.45, 7) is 1.07. The number of hydrogen-bond acceptors (Lipinski definition) is 7. The summed E-state index contributed by atoms with van der Waals surface area (Å²) in [5.74, 6) is -0.255. The van der Waals surface area contributed by atoms with Gasteiger partial charge in [0, 0.05) is 24.6 Å². The number of anilines is 1. The zero-order chi connectivity index (χ0) is 19.5. The van der Waals surface area contributed by atoms with Gasteiger partial charge in [0.25, 0.3) is 5.91 Å². The Morgan fingerprint density at radius 3 is 2.71 bits per heavy atom. The maximum atomic E-state index is 12.8. The summed E-state index contributed by atoms with van der Waals surface area (Å²) < 4.78 is 0. The predicted octanol–water partition coefficient (Wildman–Crippen LogP) is 3.81. The van der Waals surface area contributed by atoms with Gasteiger partial charge in [0.05, 0.1) is 11.2 Å². The molecule has 0 radical (unpaired) electrons. The van der Waals surface area contributed by atoms with E-state index in [0.29, 0.717) is 41.0 Å². The lowest BCUT2D eigenvalue weighted by atomic mass is 9.96. The van der Waals surface area contributed by atoms with E-state index in [-0.39, 0.29) is 17.7 Å². The monoisotopic (exact) mass is 433 g/mol. The van der Waals surface area contributed by atoms with Gasteiger partial charge in [-0.3, -0.25) is 9.59 Å². The van der Waals surface area contributed by atoms with Crippen molar-refractivity contribution in [1.82, 2.24) is 20.1 Å². The van der Waals surface area contributed by atoms with Crippen LogP contribution in [0.4, 0.5) is 5.13 Å². The van der Waals surface area contributed by atoms with Crippen LogP contribution in [0.1, 0.15) is 22.5 Å². The molecule has 2 aromatic heterocycles. The molecule has 0 unspecified atom stereocenters. The minimum Gasteiger partial charge on any atom is -0.338 e. The highest BCUT2D eigenvalue weighted by Gasteiger charge is 2.29. The minimum absolute atomic E-state index is 0.0567. The van der Waals surface area contributed by atoms with Gasteiger partial charge in [-0.15, -0.1) is 21.5 Å². The lowest BCUT2D eigenvalue weighted by molar-refractivity contribution is -0.121. The molecule has 1 fully saturated rings. The molecule has 1 saturated heterocycles. The third kappa shape index (κ3) is 4.06. The van der Waals surface area contributed by atoms with E-state index in [1.807, 2.05) is 18.2 Å². The normalized spacial score (nSPS) is 14.8. The summed E-state index contributed by atoms with van der Waals surface area (Å²) in [4.78, 5) is 31.8. The molecule has 2 amide bonds. The molecule has 28 heavy (non-hydrogen) atoms. The summed E-state index contributed by atoms with van der Waals surface area (Å²) >= 11 is 8.84. The topological polar surface area (TPSA) is 88.1 Å². The molecule has 4 rings (SSSR count). The van der Waals surface area contributed by atoms with E-state index in [2.05, 4.69) is 20.5 Å². The third-order valence-corrected chi connectivity index (χ3v) is 6.52. The highest BCUT2D eigenvalue weighted by molar-refractivity contribution is 7.17. The molecule has 144 valence electrons. The van der Waals surface area contributed by atoms with Crippen LogP contribution in [0.25, 0.3) is 10.6 Å². The van der Waals surface area contributed by atoms with Crippen LogP contribution in [0.15, 0.2) is 36.0 Å². The largest absolute Gasteiger partial charge is 0.338 e. The highest BCUT2D eigenvalue weighted by Crippen LogP contribution is 2.32. The maximum Gasteiger partial charge on any atom is 0.265 e. The molecule has 0 bridgehead atoms. The van der Waals surface area contributed by atoms with Crippen LogP contribution in [-0.4, -0.2) is 45.0 Å². The molecule has 1 aliphatic heterocycles. The van der Waals surface area contributed by atoms with Gasteiger partial charge in [0.1, 0.15) is 15.4 Å². The molecular formula is C18H16ClN5O2S2. The molecule has 1 aromatic carbocycles. The third-order valence-electron chi connectivity index (χ3n) is 4.56. The first kappa shape index (κ1) is 19.0. The van der Waals surface area contributed by atoms with Crippen molar-refractivity contribution < 1.29 is 9.59 Å². The van der Waals surface area contributed by atoms with Gasteiger partial charge < -0.3 is 10.2 Å². The van der Waals surface area contributed by atoms with Crippen molar-refractivity contribution in [2.24, 2.45) is 5.92 Å². The van der Waals surface area contributed by atoms with Gasteiger partial charge >= 0.3 is 0 Å². The fraction of sp³-hybridized carbons (Fsp3) is 0.278. The second kappa shape index (κ2) is 8.34. The SMILES string of the molecule is O=C(Nc1nncs1)C1CCN(C(=O)c2cnc(-c3ccccc3Cl)s2)CC1. The molecule has 0 spiro atoms. The number of thiazole rings is 1. The summed E-state index contributed by atoms with van der Waals surface area (Å²) in [6.07, 6.45) is 2.83. The molecule has 3 heterocycles. The van der Waals surface area contributed by atoms with E-state index < -0.39 is 0 Å². The lowest BCUT2D eigenvalue weighted by Gasteiger charge is -2.30. The van der Waals surface area contributed by atoms with Crippen molar-refractivity contribution in [2.75, 3.05) is 18.4 Å². The van der Waals surface area contributed by atoms with E-state index in [0.717, 1.165) is 10.6 Å². The van der Waals surface area contributed by atoms with Crippen LogP contribution in [0.3, 0.4) is 0 Å². The summed E-state index contributed by atoms with van der Waals surface area (Å²) in [6, 6.07) is 7.44. The average molecular weight is 434 g/mol. The Kier molecular flexibility index (Phi) is 5.65. The van der Waals surface area contributed by atoms with E-state index in [9.17, 15) is 9.59 Å². The number of likely N-dealkylation sites (tertiary alicyclic amines) is 1.